The lowest BCUT2D eigenvalue weighted by molar-refractivity contribution is 0.224. The Labute approximate surface area is 127 Å². The van der Waals surface area contributed by atoms with Crippen LogP contribution >= 0.6 is 0 Å². The number of likely N-dealkylation sites (tertiary alicyclic amines) is 1. The van der Waals surface area contributed by atoms with E-state index in [0.717, 1.165) is 43.5 Å². The molecule has 0 spiro atoms. The van der Waals surface area contributed by atoms with Gasteiger partial charge in [0.15, 0.2) is 11.6 Å². The second kappa shape index (κ2) is 4.84. The van der Waals surface area contributed by atoms with Gasteiger partial charge in [-0.3, -0.25) is 4.90 Å². The van der Waals surface area contributed by atoms with E-state index >= 15 is 0 Å². The van der Waals surface area contributed by atoms with Crippen molar-refractivity contribution in [2.45, 2.75) is 63.1 Å². The van der Waals surface area contributed by atoms with Crippen molar-refractivity contribution in [3.63, 3.8) is 0 Å². The Morgan fingerprint density at radius 1 is 1.14 bits per heavy atom. The molecule has 2 saturated carbocycles. The number of hydrogen-bond acceptors (Lipinski definition) is 7. The van der Waals surface area contributed by atoms with Gasteiger partial charge in [-0.25, -0.2) is 4.68 Å². The first-order chi connectivity index (χ1) is 10.9. The minimum atomic E-state index is 0.237. The third-order valence-electron chi connectivity index (χ3n) is 4.84. The zero-order valence-electron chi connectivity index (χ0n) is 12.4. The molecule has 1 atom stereocenters. The zero-order valence-corrected chi connectivity index (χ0v) is 12.4. The van der Waals surface area contributed by atoms with E-state index in [9.17, 15) is 0 Å². The van der Waals surface area contributed by atoms with Crippen LogP contribution in [0, 0.1) is 0 Å². The minimum Gasteiger partial charge on any atom is -0.339 e. The average Bonchev–Trinajstić information content (AvgIpc) is 3.41. The highest BCUT2D eigenvalue weighted by atomic mass is 16.5. The molecule has 2 aliphatic carbocycles. The number of aromatic nitrogens is 6. The molecule has 5 rings (SSSR count). The molecule has 1 aliphatic heterocycles. The largest absolute Gasteiger partial charge is 0.339 e. The maximum atomic E-state index is 5.42. The van der Waals surface area contributed by atoms with Crippen LogP contribution in [0.1, 0.15) is 74.1 Å². The van der Waals surface area contributed by atoms with E-state index in [4.69, 9.17) is 4.52 Å². The fraction of sp³-hybridized carbons (Fsp3) is 0.786. The summed E-state index contributed by atoms with van der Waals surface area (Å²) in [6.07, 6.45) is 6.99. The van der Waals surface area contributed by atoms with Crippen molar-refractivity contribution in [2.75, 3.05) is 6.54 Å². The fourth-order valence-corrected chi connectivity index (χ4v) is 3.29. The molecule has 116 valence electrons. The zero-order chi connectivity index (χ0) is 14.5. The van der Waals surface area contributed by atoms with E-state index in [2.05, 4.69) is 30.6 Å². The molecule has 1 unspecified atom stereocenters. The number of rotatable bonds is 5. The smallest absolute Gasteiger partial charge is 0.229 e. The molecule has 1 saturated heterocycles. The van der Waals surface area contributed by atoms with E-state index in [0.29, 0.717) is 12.0 Å². The molecule has 2 aromatic heterocycles. The molecular formula is C14H19N7O. The van der Waals surface area contributed by atoms with Crippen LogP contribution in [0.4, 0.5) is 0 Å². The molecule has 0 aromatic carbocycles. The first-order valence-electron chi connectivity index (χ1n) is 8.23. The topological polar surface area (TPSA) is 85.8 Å². The Balaban J connectivity index is 1.35. The normalized spacial score (nSPS) is 25.9. The van der Waals surface area contributed by atoms with E-state index < -0.39 is 0 Å². The van der Waals surface area contributed by atoms with E-state index in [1.807, 2.05) is 4.68 Å². The highest BCUT2D eigenvalue weighted by Gasteiger charge is 2.35. The van der Waals surface area contributed by atoms with Crippen molar-refractivity contribution in [1.29, 1.82) is 0 Å². The highest BCUT2D eigenvalue weighted by Crippen LogP contribution is 2.40. The summed E-state index contributed by atoms with van der Waals surface area (Å²) in [5, 5.41) is 16.4. The van der Waals surface area contributed by atoms with Gasteiger partial charge in [-0.2, -0.15) is 4.98 Å². The second-order valence-electron chi connectivity index (χ2n) is 6.66. The fourth-order valence-electron chi connectivity index (χ4n) is 3.29. The Hall–Kier alpha value is -1.83. The van der Waals surface area contributed by atoms with Crippen molar-refractivity contribution in [2.24, 2.45) is 0 Å². The van der Waals surface area contributed by atoms with Gasteiger partial charge < -0.3 is 4.52 Å². The molecule has 2 aromatic rings. The van der Waals surface area contributed by atoms with E-state index in [1.54, 1.807) is 0 Å². The van der Waals surface area contributed by atoms with Crippen molar-refractivity contribution >= 4 is 0 Å². The lowest BCUT2D eigenvalue weighted by atomic mass is 10.2. The number of tetrazole rings is 1. The van der Waals surface area contributed by atoms with Gasteiger partial charge in [0.2, 0.25) is 5.89 Å². The first-order valence-corrected chi connectivity index (χ1v) is 8.23. The number of nitrogens with zero attached hydrogens (tertiary/aromatic N) is 7. The highest BCUT2D eigenvalue weighted by molar-refractivity contribution is 5.05. The molecule has 3 heterocycles. The van der Waals surface area contributed by atoms with Crippen molar-refractivity contribution in [1.82, 2.24) is 35.2 Å². The van der Waals surface area contributed by atoms with Crippen molar-refractivity contribution in [3.05, 3.63) is 17.5 Å². The summed E-state index contributed by atoms with van der Waals surface area (Å²) in [5.41, 5.74) is 0. The van der Waals surface area contributed by atoms with Gasteiger partial charge in [0, 0.05) is 5.92 Å². The second-order valence-corrected chi connectivity index (χ2v) is 6.66. The van der Waals surface area contributed by atoms with Gasteiger partial charge in [-0.05, 0) is 55.5 Å². The number of hydrogen-bond donors (Lipinski definition) is 0. The van der Waals surface area contributed by atoms with Gasteiger partial charge in [0.05, 0.1) is 18.6 Å². The third-order valence-corrected chi connectivity index (χ3v) is 4.84. The summed E-state index contributed by atoms with van der Waals surface area (Å²) < 4.78 is 7.41. The van der Waals surface area contributed by atoms with Crippen LogP contribution < -0.4 is 0 Å². The molecule has 22 heavy (non-hydrogen) atoms. The summed E-state index contributed by atoms with van der Waals surface area (Å²) in [5.74, 6) is 3.13. The Morgan fingerprint density at radius 3 is 2.86 bits per heavy atom. The monoisotopic (exact) mass is 301 g/mol. The van der Waals surface area contributed by atoms with Crippen LogP contribution in [0.5, 0.6) is 0 Å². The molecule has 0 radical (unpaired) electrons. The summed E-state index contributed by atoms with van der Waals surface area (Å²) in [6.45, 7) is 1.80. The molecule has 3 aliphatic rings. The van der Waals surface area contributed by atoms with Gasteiger partial charge in [0.25, 0.3) is 0 Å². The van der Waals surface area contributed by atoms with Gasteiger partial charge in [-0.1, -0.05) is 5.16 Å². The lowest BCUT2D eigenvalue weighted by Crippen LogP contribution is -2.25. The van der Waals surface area contributed by atoms with E-state index in [-0.39, 0.29) is 6.04 Å². The van der Waals surface area contributed by atoms with Gasteiger partial charge >= 0.3 is 0 Å². The SMILES string of the molecule is C1CC(c2noc(C3CC3)n2)N(Cc2nnnn2C2CC2)C1. The molecule has 0 bridgehead atoms. The standard InChI is InChI=1S/C14H19N7O/c1-2-11(13-15-14(22-17-13)9-3-4-9)20(7-1)8-12-16-18-19-21(12)10-5-6-10/h9-11H,1-8H2. The van der Waals surface area contributed by atoms with Crippen molar-refractivity contribution in [3.8, 4) is 0 Å². The van der Waals surface area contributed by atoms with Crippen LogP contribution in [0.25, 0.3) is 0 Å². The molecule has 0 amide bonds. The van der Waals surface area contributed by atoms with Crippen LogP contribution in [0.15, 0.2) is 4.52 Å². The van der Waals surface area contributed by atoms with Crippen LogP contribution in [0.2, 0.25) is 0 Å². The average molecular weight is 301 g/mol. The Morgan fingerprint density at radius 2 is 2.05 bits per heavy atom. The first kappa shape index (κ1) is 12.7. The molecule has 8 heteroatoms. The molecule has 0 N–H and O–H groups in total. The third kappa shape index (κ3) is 2.22. The van der Waals surface area contributed by atoms with Crippen LogP contribution in [-0.4, -0.2) is 41.8 Å². The maximum Gasteiger partial charge on any atom is 0.229 e. The summed E-state index contributed by atoms with van der Waals surface area (Å²) in [4.78, 5) is 7.01. The Kier molecular flexibility index (Phi) is 2.79. The Bertz CT molecular complexity index is 672. The van der Waals surface area contributed by atoms with Gasteiger partial charge in [-0.15, -0.1) is 5.10 Å². The quantitative estimate of drug-likeness (QED) is 0.829. The molecule has 3 fully saturated rings. The summed E-state index contributed by atoms with van der Waals surface area (Å²) in [7, 11) is 0. The predicted octanol–water partition coefficient (Wildman–Crippen LogP) is 1.61. The van der Waals surface area contributed by atoms with Crippen LogP contribution in [-0.2, 0) is 6.54 Å². The summed E-state index contributed by atoms with van der Waals surface area (Å²) in [6, 6.07) is 0.748. The van der Waals surface area contributed by atoms with E-state index in [1.165, 1.54) is 25.7 Å². The minimum absolute atomic E-state index is 0.237. The molecular weight excluding hydrogens is 282 g/mol. The summed E-state index contributed by atoms with van der Waals surface area (Å²) >= 11 is 0. The predicted molar refractivity (Wildman–Crippen MR) is 74.7 cm³/mol. The van der Waals surface area contributed by atoms with Crippen molar-refractivity contribution < 1.29 is 4.52 Å². The van der Waals surface area contributed by atoms with Crippen LogP contribution in [0.3, 0.4) is 0 Å². The lowest BCUT2D eigenvalue weighted by Gasteiger charge is -2.20. The molecule has 8 nitrogen and oxygen atoms in total. The maximum absolute atomic E-state index is 5.42. The van der Waals surface area contributed by atoms with Gasteiger partial charge in [0.1, 0.15) is 0 Å².